The first-order valence-electron chi connectivity index (χ1n) is 11.3. The van der Waals surface area contributed by atoms with Crippen molar-refractivity contribution in [2.45, 2.75) is 37.5 Å². The molecule has 33 heavy (non-hydrogen) atoms. The fourth-order valence-electron chi connectivity index (χ4n) is 4.33. The maximum Gasteiger partial charge on any atom is 0.265 e. The number of benzene rings is 2. The van der Waals surface area contributed by atoms with E-state index in [-0.39, 0.29) is 16.4 Å². The van der Waals surface area contributed by atoms with Crippen molar-refractivity contribution >= 4 is 37.1 Å². The molecule has 4 rings (SSSR count). The van der Waals surface area contributed by atoms with E-state index >= 15 is 0 Å². The zero-order valence-corrected chi connectivity index (χ0v) is 20.7. The summed E-state index contributed by atoms with van der Waals surface area (Å²) in [5.41, 5.74) is 1.83. The third kappa shape index (κ3) is 5.22. The molecule has 1 N–H and O–H groups in total. The zero-order chi connectivity index (χ0) is 23.6. The lowest BCUT2D eigenvalue weighted by molar-refractivity contribution is 0.403. The molecule has 0 aliphatic carbocycles. The fraction of sp³-hybridized carbons (Fsp3) is 0.478. The monoisotopic (exact) mass is 493 g/mol. The Morgan fingerprint density at radius 2 is 1.64 bits per heavy atom. The van der Waals surface area contributed by atoms with Crippen LogP contribution in [0.15, 0.2) is 47.4 Å². The van der Waals surface area contributed by atoms with Crippen molar-refractivity contribution in [2.24, 2.45) is 5.92 Å². The topological polar surface area (TPSA) is 96.0 Å². The van der Waals surface area contributed by atoms with Crippen molar-refractivity contribution in [1.29, 1.82) is 0 Å². The molecule has 10 heteroatoms. The standard InChI is InChI=1S/C23H31N3O5S2/c1-18-11-14-25(15-12-18)20-7-5-19(6-8-20)24-33(29,30)23-17-21(9-10-22(23)31-2)26-13-3-4-16-32(26,27)28/h5-10,17-18,24H,3-4,11-16H2,1-2H3. The number of nitrogens with one attached hydrogen (secondary N) is 1. The van der Waals surface area contributed by atoms with Gasteiger partial charge in [0.25, 0.3) is 10.0 Å². The highest BCUT2D eigenvalue weighted by atomic mass is 32.2. The molecule has 2 aromatic carbocycles. The van der Waals surface area contributed by atoms with E-state index in [9.17, 15) is 16.8 Å². The molecule has 2 aromatic rings. The Kier molecular flexibility index (Phi) is 6.76. The SMILES string of the molecule is COc1ccc(N2CCCCS2(=O)=O)cc1S(=O)(=O)Nc1ccc(N2CCC(C)CC2)cc1. The Balaban J connectivity index is 1.57. The molecule has 0 aromatic heterocycles. The van der Waals surface area contributed by atoms with E-state index in [0.29, 0.717) is 24.3 Å². The highest BCUT2D eigenvalue weighted by molar-refractivity contribution is 7.93. The summed E-state index contributed by atoms with van der Waals surface area (Å²) < 4.78 is 60.6. The van der Waals surface area contributed by atoms with Gasteiger partial charge in [0.15, 0.2) is 0 Å². The molecule has 180 valence electrons. The maximum atomic E-state index is 13.2. The number of rotatable bonds is 6. The highest BCUT2D eigenvalue weighted by Gasteiger charge is 2.29. The first-order chi connectivity index (χ1) is 15.7. The van der Waals surface area contributed by atoms with Gasteiger partial charge in [-0.1, -0.05) is 6.92 Å². The van der Waals surface area contributed by atoms with Crippen LogP contribution >= 0.6 is 0 Å². The molecule has 2 saturated heterocycles. The fourth-order valence-corrected chi connectivity index (χ4v) is 7.21. The van der Waals surface area contributed by atoms with E-state index in [0.717, 1.165) is 44.0 Å². The van der Waals surface area contributed by atoms with Crippen molar-refractivity contribution in [2.75, 3.05) is 46.4 Å². The van der Waals surface area contributed by atoms with Gasteiger partial charge in [-0.25, -0.2) is 16.8 Å². The number of sulfonamides is 2. The number of hydrogen-bond donors (Lipinski definition) is 1. The van der Waals surface area contributed by atoms with Crippen LogP contribution in [0.1, 0.15) is 32.6 Å². The molecule has 0 amide bonds. The molecule has 2 aliphatic heterocycles. The Morgan fingerprint density at radius 1 is 0.970 bits per heavy atom. The molecule has 0 spiro atoms. The molecule has 8 nitrogen and oxygen atoms in total. The van der Waals surface area contributed by atoms with Gasteiger partial charge in [-0.2, -0.15) is 0 Å². The summed E-state index contributed by atoms with van der Waals surface area (Å²) in [6.07, 6.45) is 3.64. The van der Waals surface area contributed by atoms with Crippen molar-refractivity contribution in [1.82, 2.24) is 0 Å². The number of hydrogen-bond acceptors (Lipinski definition) is 6. The summed E-state index contributed by atoms with van der Waals surface area (Å²) in [4.78, 5) is 2.21. The lowest BCUT2D eigenvalue weighted by Gasteiger charge is -2.32. The summed E-state index contributed by atoms with van der Waals surface area (Å²) in [6.45, 7) is 4.59. The second-order valence-electron chi connectivity index (χ2n) is 8.75. The van der Waals surface area contributed by atoms with Crippen LogP contribution in [0, 0.1) is 5.92 Å². The van der Waals surface area contributed by atoms with Crippen LogP contribution in [0.5, 0.6) is 5.75 Å². The normalized spacial score (nSPS) is 19.3. The molecular weight excluding hydrogens is 462 g/mol. The van der Waals surface area contributed by atoms with E-state index in [1.165, 1.54) is 23.5 Å². The summed E-state index contributed by atoms with van der Waals surface area (Å²) in [5.74, 6) is 0.944. The minimum absolute atomic E-state index is 0.0572. The minimum Gasteiger partial charge on any atom is -0.495 e. The summed E-state index contributed by atoms with van der Waals surface area (Å²) >= 11 is 0. The number of ether oxygens (including phenoxy) is 1. The molecule has 0 radical (unpaired) electrons. The number of anilines is 3. The number of piperidine rings is 1. The molecular formula is C23H31N3O5S2. The van der Waals surface area contributed by atoms with Gasteiger partial charge in [0.05, 0.1) is 18.6 Å². The molecule has 0 bridgehead atoms. The highest BCUT2D eigenvalue weighted by Crippen LogP contribution is 2.33. The van der Waals surface area contributed by atoms with Crippen LogP contribution in [-0.4, -0.2) is 49.3 Å². The van der Waals surface area contributed by atoms with Crippen LogP contribution in [0.2, 0.25) is 0 Å². The van der Waals surface area contributed by atoms with E-state index < -0.39 is 20.0 Å². The first-order valence-corrected chi connectivity index (χ1v) is 14.4. The van der Waals surface area contributed by atoms with E-state index in [1.54, 1.807) is 18.2 Å². The largest absolute Gasteiger partial charge is 0.495 e. The quantitative estimate of drug-likeness (QED) is 0.660. The van der Waals surface area contributed by atoms with Crippen molar-refractivity contribution in [3.8, 4) is 5.75 Å². The summed E-state index contributed by atoms with van der Waals surface area (Å²) in [6, 6.07) is 11.8. The van der Waals surface area contributed by atoms with E-state index in [2.05, 4.69) is 16.5 Å². The Hall–Kier alpha value is -2.46. The van der Waals surface area contributed by atoms with E-state index in [4.69, 9.17) is 4.74 Å². The van der Waals surface area contributed by atoms with Gasteiger partial charge in [-0.3, -0.25) is 9.03 Å². The maximum absolute atomic E-state index is 13.2. The Morgan fingerprint density at radius 3 is 2.27 bits per heavy atom. The average molecular weight is 494 g/mol. The summed E-state index contributed by atoms with van der Waals surface area (Å²) in [5, 5.41) is 0. The number of methoxy groups -OCH3 is 1. The van der Waals surface area contributed by atoms with Crippen LogP contribution in [-0.2, 0) is 20.0 Å². The molecule has 2 fully saturated rings. The van der Waals surface area contributed by atoms with Crippen molar-refractivity contribution in [3.05, 3.63) is 42.5 Å². The minimum atomic E-state index is -4.01. The molecule has 2 heterocycles. The number of nitrogens with zero attached hydrogens (tertiary/aromatic N) is 2. The average Bonchev–Trinajstić information content (AvgIpc) is 2.79. The smallest absolute Gasteiger partial charge is 0.265 e. The Labute approximate surface area is 196 Å². The van der Waals surface area contributed by atoms with Crippen LogP contribution in [0.3, 0.4) is 0 Å². The predicted molar refractivity (Wildman–Crippen MR) is 131 cm³/mol. The summed E-state index contributed by atoms with van der Waals surface area (Å²) in [7, 11) is -6.08. The first kappa shape index (κ1) is 23.7. The van der Waals surface area contributed by atoms with Gasteiger partial charge < -0.3 is 9.64 Å². The zero-order valence-electron chi connectivity index (χ0n) is 19.0. The lowest BCUT2D eigenvalue weighted by Crippen LogP contribution is -2.37. The predicted octanol–water partition coefficient (Wildman–Crippen LogP) is 3.66. The van der Waals surface area contributed by atoms with Gasteiger partial charge >= 0.3 is 0 Å². The second-order valence-corrected chi connectivity index (χ2v) is 12.4. The molecule has 0 unspecified atom stereocenters. The third-order valence-electron chi connectivity index (χ3n) is 6.34. The van der Waals surface area contributed by atoms with Gasteiger partial charge in [0, 0.05) is 31.0 Å². The van der Waals surface area contributed by atoms with Crippen molar-refractivity contribution < 1.29 is 21.6 Å². The van der Waals surface area contributed by atoms with Gasteiger partial charge in [0.1, 0.15) is 10.6 Å². The van der Waals surface area contributed by atoms with Crippen molar-refractivity contribution in [3.63, 3.8) is 0 Å². The second kappa shape index (κ2) is 9.42. The molecule has 0 atom stereocenters. The molecule has 0 saturated carbocycles. The van der Waals surface area contributed by atoms with Crippen LogP contribution in [0.25, 0.3) is 0 Å². The van der Waals surface area contributed by atoms with Gasteiger partial charge in [-0.05, 0) is 74.1 Å². The van der Waals surface area contributed by atoms with E-state index in [1.807, 2.05) is 12.1 Å². The van der Waals surface area contributed by atoms with Gasteiger partial charge in [0.2, 0.25) is 10.0 Å². The third-order valence-corrected chi connectivity index (χ3v) is 9.61. The molecule has 2 aliphatic rings. The lowest BCUT2D eigenvalue weighted by atomic mass is 9.99. The van der Waals surface area contributed by atoms with Gasteiger partial charge in [-0.15, -0.1) is 0 Å². The Bertz CT molecular complexity index is 1190. The van der Waals surface area contributed by atoms with Crippen LogP contribution in [0.4, 0.5) is 17.1 Å². The van der Waals surface area contributed by atoms with Crippen LogP contribution < -0.4 is 18.7 Å².